The van der Waals surface area contributed by atoms with Crippen LogP contribution in [0.1, 0.15) is 62.3 Å². The van der Waals surface area contributed by atoms with Gasteiger partial charge < -0.3 is 10.2 Å². The number of aromatic nitrogens is 1. The average molecular weight is 523 g/mol. The van der Waals surface area contributed by atoms with E-state index in [0.717, 1.165) is 54.3 Å². The van der Waals surface area contributed by atoms with Crippen molar-refractivity contribution in [2.75, 3.05) is 23.3 Å². The van der Waals surface area contributed by atoms with E-state index in [1.807, 2.05) is 19.1 Å². The van der Waals surface area contributed by atoms with E-state index in [1.165, 1.54) is 30.9 Å². The lowest BCUT2D eigenvalue weighted by Gasteiger charge is -2.39. The van der Waals surface area contributed by atoms with Crippen molar-refractivity contribution in [1.82, 2.24) is 9.88 Å². The first kappa shape index (κ1) is 26.2. The van der Waals surface area contributed by atoms with E-state index in [4.69, 9.17) is 0 Å². The zero-order valence-corrected chi connectivity index (χ0v) is 21.8. The summed E-state index contributed by atoms with van der Waals surface area (Å²) in [5.74, 6) is 0.324. The fraction of sp³-hybridized carbons (Fsp3) is 0.400. The summed E-state index contributed by atoms with van der Waals surface area (Å²) in [6, 6.07) is 16.8. The minimum absolute atomic E-state index is 0.0420. The number of halogens is 3. The minimum atomic E-state index is -4.43. The predicted octanol–water partition coefficient (Wildman–Crippen LogP) is 7.05. The highest BCUT2D eigenvalue weighted by atomic mass is 19.4. The summed E-state index contributed by atoms with van der Waals surface area (Å²) in [7, 11) is 0. The molecule has 2 aromatic carbocycles. The molecule has 1 fully saturated rings. The number of anilines is 2. The number of carbonyl (C=O) groups is 1. The molecule has 1 aromatic heterocycles. The monoisotopic (exact) mass is 522 g/mol. The van der Waals surface area contributed by atoms with Gasteiger partial charge in [-0.05, 0) is 85.8 Å². The van der Waals surface area contributed by atoms with Gasteiger partial charge in [0.2, 0.25) is 5.91 Å². The number of rotatable bonds is 5. The smallest absolute Gasteiger partial charge is 0.363 e. The van der Waals surface area contributed by atoms with Crippen molar-refractivity contribution in [3.8, 4) is 11.1 Å². The molecule has 2 aliphatic heterocycles. The van der Waals surface area contributed by atoms with Gasteiger partial charge >= 0.3 is 6.18 Å². The molecule has 0 saturated carbocycles. The van der Waals surface area contributed by atoms with Gasteiger partial charge in [-0.1, -0.05) is 36.8 Å². The van der Waals surface area contributed by atoms with Crippen LogP contribution in [0.5, 0.6) is 0 Å². The molecule has 3 heterocycles. The van der Waals surface area contributed by atoms with E-state index in [0.29, 0.717) is 12.2 Å². The van der Waals surface area contributed by atoms with Crippen LogP contribution < -0.4 is 10.2 Å². The van der Waals surface area contributed by atoms with Crippen molar-refractivity contribution < 1.29 is 18.0 Å². The number of hydrogen-bond acceptors (Lipinski definition) is 4. The third-order valence-electron chi connectivity index (χ3n) is 7.57. The average Bonchev–Trinajstić information content (AvgIpc) is 2.89. The van der Waals surface area contributed by atoms with Crippen LogP contribution in [0.4, 0.5) is 24.7 Å². The molecule has 38 heavy (non-hydrogen) atoms. The van der Waals surface area contributed by atoms with Gasteiger partial charge in [0.25, 0.3) is 0 Å². The second-order valence-corrected chi connectivity index (χ2v) is 10.4. The van der Waals surface area contributed by atoms with Gasteiger partial charge in [0.15, 0.2) is 0 Å². The molecule has 200 valence electrons. The lowest BCUT2D eigenvalue weighted by Crippen LogP contribution is -2.43. The second-order valence-electron chi connectivity index (χ2n) is 10.4. The Balaban J connectivity index is 1.42. The molecule has 1 N–H and O–H groups in total. The van der Waals surface area contributed by atoms with Crippen LogP contribution in [-0.4, -0.2) is 34.9 Å². The number of fused-ring (bicyclic) bond motifs is 1. The summed E-state index contributed by atoms with van der Waals surface area (Å²) in [5.41, 5.74) is 4.35. The van der Waals surface area contributed by atoms with Gasteiger partial charge in [-0.2, -0.15) is 13.2 Å². The highest BCUT2D eigenvalue weighted by molar-refractivity contribution is 5.94. The summed E-state index contributed by atoms with van der Waals surface area (Å²) in [6.07, 6.45) is 0.865. The Morgan fingerprint density at radius 1 is 1.00 bits per heavy atom. The Morgan fingerprint density at radius 3 is 2.34 bits per heavy atom. The standard InChI is InChI=1S/C30H33F3N4O/c1-20-16-27(35-29-13-11-25(18-34-29)30(31,32)33)26-17-24(10-12-28(26)37(20)21(2)38)23-8-6-22(7-9-23)19-36-14-4-3-5-15-36/h6-13,17-18,20,27H,3-5,14-16,19H2,1-2H3,(H,34,35)/t20-,27+/m1/s1. The SMILES string of the molecule is CC(=O)N1c2ccc(-c3ccc(CN4CCCCC4)cc3)cc2[C@@H](Nc2ccc(C(F)(F)F)cn2)C[C@H]1C. The van der Waals surface area contributed by atoms with Crippen LogP contribution >= 0.6 is 0 Å². The lowest BCUT2D eigenvalue weighted by atomic mass is 9.89. The number of benzene rings is 2. The quantitative estimate of drug-likeness (QED) is 0.390. The van der Waals surface area contributed by atoms with Crippen molar-refractivity contribution in [2.45, 2.75) is 64.3 Å². The fourth-order valence-corrected chi connectivity index (χ4v) is 5.66. The number of nitrogens with one attached hydrogen (secondary N) is 1. The normalized spacial score (nSPS) is 20.2. The number of carbonyl (C=O) groups excluding carboxylic acids is 1. The van der Waals surface area contributed by atoms with E-state index >= 15 is 0 Å². The Hall–Kier alpha value is -3.39. The van der Waals surface area contributed by atoms with Crippen LogP contribution in [0, 0.1) is 0 Å². The summed E-state index contributed by atoms with van der Waals surface area (Å²) in [6.45, 7) is 6.80. The van der Waals surface area contributed by atoms with Crippen LogP contribution in [0.3, 0.4) is 0 Å². The first-order valence-corrected chi connectivity index (χ1v) is 13.2. The Labute approximate surface area is 221 Å². The van der Waals surface area contributed by atoms with E-state index in [9.17, 15) is 18.0 Å². The molecule has 2 aliphatic rings. The molecule has 2 atom stereocenters. The number of pyridine rings is 1. The summed E-state index contributed by atoms with van der Waals surface area (Å²) < 4.78 is 39.0. The first-order chi connectivity index (χ1) is 18.2. The number of alkyl halides is 3. The van der Waals surface area contributed by atoms with Gasteiger partial charge in [-0.3, -0.25) is 9.69 Å². The van der Waals surface area contributed by atoms with E-state index in [1.54, 1.807) is 11.8 Å². The van der Waals surface area contributed by atoms with E-state index in [2.05, 4.69) is 45.5 Å². The largest absolute Gasteiger partial charge is 0.417 e. The number of amides is 1. The summed E-state index contributed by atoms with van der Waals surface area (Å²) in [4.78, 5) is 20.8. The van der Waals surface area contributed by atoms with Crippen LogP contribution in [0.25, 0.3) is 11.1 Å². The maximum atomic E-state index is 13.0. The Morgan fingerprint density at radius 2 is 1.71 bits per heavy atom. The molecule has 0 unspecified atom stereocenters. The first-order valence-electron chi connectivity index (χ1n) is 13.2. The molecular formula is C30H33F3N4O. The number of nitrogens with zero attached hydrogens (tertiary/aromatic N) is 3. The highest BCUT2D eigenvalue weighted by Gasteiger charge is 2.34. The molecule has 0 aliphatic carbocycles. The van der Waals surface area contributed by atoms with Crippen LogP contribution in [0.2, 0.25) is 0 Å². The molecular weight excluding hydrogens is 489 g/mol. The van der Waals surface area contributed by atoms with Crippen molar-refractivity contribution in [1.29, 1.82) is 0 Å². The van der Waals surface area contributed by atoms with Crippen molar-refractivity contribution in [3.05, 3.63) is 77.5 Å². The maximum absolute atomic E-state index is 13.0. The molecule has 1 saturated heterocycles. The molecule has 5 rings (SSSR count). The van der Waals surface area contributed by atoms with Gasteiger partial charge in [-0.25, -0.2) is 4.98 Å². The van der Waals surface area contributed by atoms with Gasteiger partial charge in [-0.15, -0.1) is 0 Å². The molecule has 3 aromatic rings. The molecule has 5 nitrogen and oxygen atoms in total. The summed E-state index contributed by atoms with van der Waals surface area (Å²) >= 11 is 0. The maximum Gasteiger partial charge on any atom is 0.417 e. The lowest BCUT2D eigenvalue weighted by molar-refractivity contribution is -0.137. The van der Waals surface area contributed by atoms with Crippen molar-refractivity contribution >= 4 is 17.4 Å². The van der Waals surface area contributed by atoms with Gasteiger partial charge in [0.05, 0.1) is 11.6 Å². The zero-order chi connectivity index (χ0) is 26.9. The fourth-order valence-electron chi connectivity index (χ4n) is 5.66. The number of piperidine rings is 1. The summed E-state index contributed by atoms with van der Waals surface area (Å²) in [5, 5.41) is 3.32. The Kier molecular flexibility index (Phi) is 7.43. The van der Waals surface area contributed by atoms with E-state index < -0.39 is 11.7 Å². The van der Waals surface area contributed by atoms with Crippen molar-refractivity contribution in [2.24, 2.45) is 0 Å². The highest BCUT2D eigenvalue weighted by Crippen LogP contribution is 2.41. The van der Waals surface area contributed by atoms with Crippen LogP contribution in [0.15, 0.2) is 60.8 Å². The molecule has 0 radical (unpaired) electrons. The van der Waals surface area contributed by atoms with Crippen LogP contribution in [-0.2, 0) is 17.5 Å². The zero-order valence-electron chi connectivity index (χ0n) is 21.8. The van der Waals surface area contributed by atoms with E-state index in [-0.39, 0.29) is 18.0 Å². The van der Waals surface area contributed by atoms with Crippen molar-refractivity contribution in [3.63, 3.8) is 0 Å². The predicted molar refractivity (Wildman–Crippen MR) is 144 cm³/mol. The molecule has 8 heteroatoms. The third-order valence-corrected chi connectivity index (χ3v) is 7.57. The number of likely N-dealkylation sites (tertiary alicyclic amines) is 1. The van der Waals surface area contributed by atoms with Gasteiger partial charge in [0, 0.05) is 31.4 Å². The van der Waals surface area contributed by atoms with Gasteiger partial charge in [0.1, 0.15) is 5.82 Å². The minimum Gasteiger partial charge on any atom is -0.363 e. The third kappa shape index (κ3) is 5.70. The topological polar surface area (TPSA) is 48.5 Å². The molecule has 1 amide bonds. The molecule has 0 spiro atoms. The number of hydrogen-bond donors (Lipinski definition) is 1. The Bertz CT molecular complexity index is 1270. The second kappa shape index (κ2) is 10.8. The molecule has 0 bridgehead atoms.